The monoisotopic (exact) mass is 170 g/mol. The molecule has 1 rings (SSSR count). The molecule has 0 spiro atoms. The van der Waals surface area contributed by atoms with Gasteiger partial charge in [0.05, 0.1) is 5.92 Å². The van der Waals surface area contributed by atoms with Crippen molar-refractivity contribution >= 4 is 5.91 Å². The molecule has 0 bridgehead atoms. The van der Waals surface area contributed by atoms with Crippen LogP contribution < -0.4 is 11.1 Å². The minimum atomic E-state index is 0.0801. The van der Waals surface area contributed by atoms with Crippen LogP contribution in [0.2, 0.25) is 0 Å². The van der Waals surface area contributed by atoms with E-state index in [9.17, 15) is 4.79 Å². The Labute approximate surface area is 73.7 Å². The average Bonchev–Trinajstić information content (AvgIpc) is 2.47. The largest absolute Gasteiger partial charge is 0.356 e. The maximum atomic E-state index is 11.4. The third-order valence-corrected chi connectivity index (χ3v) is 2.46. The summed E-state index contributed by atoms with van der Waals surface area (Å²) in [6, 6.07) is 0.0989. The highest BCUT2D eigenvalue weighted by Crippen LogP contribution is 2.23. The number of amides is 1. The van der Waals surface area contributed by atoms with Crippen LogP contribution in [0, 0.1) is 5.92 Å². The Morgan fingerprint density at radius 3 is 2.83 bits per heavy atom. The first-order valence-electron chi connectivity index (χ1n) is 4.79. The van der Waals surface area contributed by atoms with E-state index in [1.54, 1.807) is 0 Å². The van der Waals surface area contributed by atoms with Crippen LogP contribution in [0.4, 0.5) is 0 Å². The first kappa shape index (κ1) is 9.52. The van der Waals surface area contributed by atoms with Crippen molar-refractivity contribution in [2.75, 3.05) is 6.54 Å². The van der Waals surface area contributed by atoms with E-state index >= 15 is 0 Å². The molecule has 0 unspecified atom stereocenters. The molecule has 1 aliphatic carbocycles. The molecule has 3 nitrogen and oxygen atoms in total. The van der Waals surface area contributed by atoms with Crippen LogP contribution in [0.25, 0.3) is 0 Å². The van der Waals surface area contributed by atoms with Gasteiger partial charge in [0.1, 0.15) is 0 Å². The number of carbonyl (C=O) groups is 1. The zero-order valence-electron chi connectivity index (χ0n) is 7.68. The number of hydrogen-bond donors (Lipinski definition) is 2. The minimum absolute atomic E-state index is 0.0801. The summed E-state index contributed by atoms with van der Waals surface area (Å²) in [6.07, 6.45) is 4.07. The molecule has 1 saturated carbocycles. The van der Waals surface area contributed by atoms with E-state index in [0.717, 1.165) is 32.2 Å². The number of nitrogens with two attached hydrogens (primary N) is 1. The summed E-state index contributed by atoms with van der Waals surface area (Å²) in [5, 5.41) is 2.89. The summed E-state index contributed by atoms with van der Waals surface area (Å²) in [5.74, 6) is 0.235. The summed E-state index contributed by atoms with van der Waals surface area (Å²) in [5.41, 5.74) is 5.79. The van der Waals surface area contributed by atoms with Gasteiger partial charge in [-0.3, -0.25) is 4.79 Å². The molecule has 1 amide bonds. The van der Waals surface area contributed by atoms with Gasteiger partial charge in [-0.15, -0.1) is 0 Å². The van der Waals surface area contributed by atoms with Crippen molar-refractivity contribution in [3.8, 4) is 0 Å². The molecule has 0 heterocycles. The Morgan fingerprint density at radius 1 is 1.58 bits per heavy atom. The van der Waals surface area contributed by atoms with Crippen molar-refractivity contribution in [3.63, 3.8) is 0 Å². The Morgan fingerprint density at radius 2 is 2.33 bits per heavy atom. The highest BCUT2D eigenvalue weighted by molar-refractivity contribution is 5.79. The SMILES string of the molecule is CCCNC(=O)[C@H]1CCC[C@H]1N. The van der Waals surface area contributed by atoms with Crippen molar-refractivity contribution < 1.29 is 4.79 Å². The molecule has 3 N–H and O–H groups in total. The smallest absolute Gasteiger partial charge is 0.224 e. The molecular weight excluding hydrogens is 152 g/mol. The van der Waals surface area contributed by atoms with Gasteiger partial charge in [0, 0.05) is 12.6 Å². The highest BCUT2D eigenvalue weighted by Gasteiger charge is 2.29. The molecule has 0 saturated heterocycles. The van der Waals surface area contributed by atoms with Crippen molar-refractivity contribution in [1.82, 2.24) is 5.32 Å². The Bertz CT molecular complexity index is 159. The number of nitrogens with one attached hydrogen (secondary N) is 1. The van der Waals surface area contributed by atoms with Gasteiger partial charge >= 0.3 is 0 Å². The Balaban J connectivity index is 2.30. The van der Waals surface area contributed by atoms with E-state index in [-0.39, 0.29) is 17.9 Å². The lowest BCUT2D eigenvalue weighted by molar-refractivity contribution is -0.125. The predicted octanol–water partition coefficient (Wildman–Crippen LogP) is 0.640. The van der Waals surface area contributed by atoms with Gasteiger partial charge in [-0.05, 0) is 19.3 Å². The lowest BCUT2D eigenvalue weighted by Crippen LogP contribution is -2.38. The zero-order chi connectivity index (χ0) is 8.97. The molecule has 0 radical (unpaired) electrons. The van der Waals surface area contributed by atoms with Crippen LogP contribution >= 0.6 is 0 Å². The Kier molecular flexibility index (Phi) is 3.53. The van der Waals surface area contributed by atoms with E-state index in [4.69, 9.17) is 5.73 Å². The van der Waals surface area contributed by atoms with Gasteiger partial charge in [-0.25, -0.2) is 0 Å². The molecule has 70 valence electrons. The normalized spacial score (nSPS) is 28.8. The average molecular weight is 170 g/mol. The van der Waals surface area contributed by atoms with Gasteiger partial charge < -0.3 is 11.1 Å². The van der Waals surface area contributed by atoms with E-state index in [1.807, 2.05) is 0 Å². The first-order valence-corrected chi connectivity index (χ1v) is 4.79. The summed E-state index contributed by atoms with van der Waals surface area (Å²) in [6.45, 7) is 2.83. The summed E-state index contributed by atoms with van der Waals surface area (Å²) in [7, 11) is 0. The fraction of sp³-hybridized carbons (Fsp3) is 0.889. The third-order valence-electron chi connectivity index (χ3n) is 2.46. The zero-order valence-corrected chi connectivity index (χ0v) is 7.68. The van der Waals surface area contributed by atoms with Gasteiger partial charge in [0.25, 0.3) is 0 Å². The molecule has 3 heteroatoms. The van der Waals surface area contributed by atoms with Gasteiger partial charge in [0.15, 0.2) is 0 Å². The second-order valence-corrected chi connectivity index (χ2v) is 3.49. The van der Waals surface area contributed by atoms with Crippen LogP contribution in [-0.2, 0) is 4.79 Å². The topological polar surface area (TPSA) is 55.1 Å². The van der Waals surface area contributed by atoms with Gasteiger partial charge in [-0.2, -0.15) is 0 Å². The predicted molar refractivity (Wildman–Crippen MR) is 48.6 cm³/mol. The fourth-order valence-corrected chi connectivity index (χ4v) is 1.69. The molecule has 0 aromatic carbocycles. The van der Waals surface area contributed by atoms with Crippen LogP contribution in [0.5, 0.6) is 0 Å². The van der Waals surface area contributed by atoms with E-state index in [1.165, 1.54) is 0 Å². The molecule has 0 aromatic heterocycles. The van der Waals surface area contributed by atoms with Crippen LogP contribution in [-0.4, -0.2) is 18.5 Å². The van der Waals surface area contributed by atoms with Crippen LogP contribution in [0.15, 0.2) is 0 Å². The number of rotatable bonds is 3. The van der Waals surface area contributed by atoms with E-state index in [2.05, 4.69) is 12.2 Å². The lowest BCUT2D eigenvalue weighted by atomic mass is 10.0. The minimum Gasteiger partial charge on any atom is -0.356 e. The first-order chi connectivity index (χ1) is 5.75. The van der Waals surface area contributed by atoms with Crippen LogP contribution in [0.1, 0.15) is 32.6 Å². The number of hydrogen-bond acceptors (Lipinski definition) is 2. The number of carbonyl (C=O) groups excluding carboxylic acids is 1. The van der Waals surface area contributed by atoms with Crippen molar-refractivity contribution in [2.24, 2.45) is 11.7 Å². The summed E-state index contributed by atoms with van der Waals surface area (Å²) < 4.78 is 0. The third kappa shape index (κ3) is 2.21. The Hall–Kier alpha value is -0.570. The molecular formula is C9H18N2O. The van der Waals surface area contributed by atoms with Crippen LogP contribution in [0.3, 0.4) is 0 Å². The van der Waals surface area contributed by atoms with Gasteiger partial charge in [-0.1, -0.05) is 13.3 Å². The van der Waals surface area contributed by atoms with Crippen molar-refractivity contribution in [2.45, 2.75) is 38.6 Å². The van der Waals surface area contributed by atoms with Gasteiger partial charge in [0.2, 0.25) is 5.91 Å². The summed E-state index contributed by atoms with van der Waals surface area (Å²) >= 11 is 0. The lowest BCUT2D eigenvalue weighted by Gasteiger charge is -2.14. The van der Waals surface area contributed by atoms with E-state index in [0.29, 0.717) is 0 Å². The fourth-order valence-electron chi connectivity index (χ4n) is 1.69. The standard InChI is InChI=1S/C9H18N2O/c1-2-6-11-9(12)7-4-3-5-8(7)10/h7-8H,2-6,10H2,1H3,(H,11,12)/t7-,8+/m0/s1. The molecule has 0 aliphatic heterocycles. The molecule has 2 atom stereocenters. The quantitative estimate of drug-likeness (QED) is 0.653. The second kappa shape index (κ2) is 4.45. The van der Waals surface area contributed by atoms with Crippen molar-refractivity contribution in [3.05, 3.63) is 0 Å². The second-order valence-electron chi connectivity index (χ2n) is 3.49. The van der Waals surface area contributed by atoms with Crippen molar-refractivity contribution in [1.29, 1.82) is 0 Å². The maximum absolute atomic E-state index is 11.4. The highest BCUT2D eigenvalue weighted by atomic mass is 16.1. The summed E-state index contributed by atoms with van der Waals surface area (Å²) in [4.78, 5) is 11.4. The van der Waals surface area contributed by atoms with E-state index < -0.39 is 0 Å². The molecule has 1 aliphatic rings. The molecule has 1 fully saturated rings. The maximum Gasteiger partial charge on any atom is 0.224 e. The molecule has 12 heavy (non-hydrogen) atoms. The molecule has 0 aromatic rings.